The number of aldehydes is 1. The lowest BCUT2D eigenvalue weighted by Gasteiger charge is -2.06. The van der Waals surface area contributed by atoms with E-state index in [1.54, 1.807) is 6.92 Å². The van der Waals surface area contributed by atoms with Crippen molar-refractivity contribution in [2.24, 2.45) is 0 Å². The van der Waals surface area contributed by atoms with E-state index in [9.17, 15) is 9.59 Å². The molecule has 2 aromatic rings. The standard InChI is InChI=1S/C15H14O2/c1-10(9-16)13-5-3-12-4-6-14(11(2)17)8-15(12)7-13/h3-10H,1-2H3. The molecule has 0 radical (unpaired) electrons. The molecule has 0 saturated carbocycles. The summed E-state index contributed by atoms with van der Waals surface area (Å²) in [5.41, 5.74) is 1.68. The van der Waals surface area contributed by atoms with E-state index in [4.69, 9.17) is 0 Å². The van der Waals surface area contributed by atoms with Crippen LogP contribution in [0.15, 0.2) is 36.4 Å². The molecular weight excluding hydrogens is 212 g/mol. The zero-order valence-corrected chi connectivity index (χ0v) is 9.94. The highest BCUT2D eigenvalue weighted by atomic mass is 16.1. The first kappa shape index (κ1) is 11.5. The third-order valence-electron chi connectivity index (χ3n) is 3.00. The summed E-state index contributed by atoms with van der Waals surface area (Å²) in [6, 6.07) is 11.5. The Kier molecular flexibility index (Phi) is 3.05. The number of hydrogen-bond acceptors (Lipinski definition) is 2. The van der Waals surface area contributed by atoms with Crippen molar-refractivity contribution in [1.29, 1.82) is 0 Å². The van der Waals surface area contributed by atoms with Crippen LogP contribution in [0.2, 0.25) is 0 Å². The molecule has 0 aliphatic carbocycles. The first-order chi connectivity index (χ1) is 8.11. The second-order valence-corrected chi connectivity index (χ2v) is 4.30. The predicted octanol–water partition coefficient (Wildman–Crippen LogP) is 3.34. The molecule has 0 fully saturated rings. The third kappa shape index (κ3) is 2.26. The molecule has 0 aromatic heterocycles. The summed E-state index contributed by atoms with van der Waals surface area (Å²) in [4.78, 5) is 22.1. The molecule has 0 amide bonds. The van der Waals surface area contributed by atoms with Crippen LogP contribution in [0.25, 0.3) is 10.8 Å². The Hall–Kier alpha value is -1.96. The lowest BCUT2D eigenvalue weighted by atomic mass is 9.97. The van der Waals surface area contributed by atoms with Gasteiger partial charge in [-0.05, 0) is 29.3 Å². The maximum absolute atomic E-state index is 11.3. The van der Waals surface area contributed by atoms with E-state index < -0.39 is 0 Å². The third-order valence-corrected chi connectivity index (χ3v) is 3.00. The van der Waals surface area contributed by atoms with Crippen molar-refractivity contribution in [2.45, 2.75) is 19.8 Å². The molecule has 2 aromatic carbocycles. The Morgan fingerprint density at radius 1 is 1.12 bits per heavy atom. The molecular formula is C15H14O2. The van der Waals surface area contributed by atoms with Crippen molar-refractivity contribution in [1.82, 2.24) is 0 Å². The number of carbonyl (C=O) groups is 2. The monoisotopic (exact) mass is 226 g/mol. The van der Waals surface area contributed by atoms with Crippen LogP contribution in [0.1, 0.15) is 35.7 Å². The van der Waals surface area contributed by atoms with Crippen molar-refractivity contribution >= 4 is 22.8 Å². The van der Waals surface area contributed by atoms with Crippen LogP contribution in [0.3, 0.4) is 0 Å². The van der Waals surface area contributed by atoms with Gasteiger partial charge in [0.05, 0.1) is 0 Å². The number of carbonyl (C=O) groups excluding carboxylic acids is 2. The fourth-order valence-electron chi connectivity index (χ4n) is 1.85. The number of hydrogen-bond donors (Lipinski definition) is 0. The number of fused-ring (bicyclic) bond motifs is 1. The zero-order valence-electron chi connectivity index (χ0n) is 9.94. The van der Waals surface area contributed by atoms with Gasteiger partial charge in [-0.15, -0.1) is 0 Å². The molecule has 0 heterocycles. The summed E-state index contributed by atoms with van der Waals surface area (Å²) < 4.78 is 0. The van der Waals surface area contributed by atoms with Crippen molar-refractivity contribution in [2.75, 3.05) is 0 Å². The van der Waals surface area contributed by atoms with Crippen LogP contribution in [0.4, 0.5) is 0 Å². The van der Waals surface area contributed by atoms with Crippen LogP contribution >= 0.6 is 0 Å². The van der Waals surface area contributed by atoms with E-state index in [1.165, 1.54) is 0 Å². The Morgan fingerprint density at radius 3 is 2.47 bits per heavy atom. The zero-order chi connectivity index (χ0) is 12.4. The highest BCUT2D eigenvalue weighted by Crippen LogP contribution is 2.22. The van der Waals surface area contributed by atoms with Gasteiger partial charge < -0.3 is 4.79 Å². The number of rotatable bonds is 3. The van der Waals surface area contributed by atoms with Crippen LogP contribution < -0.4 is 0 Å². The molecule has 0 spiro atoms. The first-order valence-electron chi connectivity index (χ1n) is 5.62. The summed E-state index contributed by atoms with van der Waals surface area (Å²) in [6.45, 7) is 3.42. The summed E-state index contributed by atoms with van der Waals surface area (Å²) in [5, 5.41) is 2.08. The van der Waals surface area contributed by atoms with Gasteiger partial charge in [0.25, 0.3) is 0 Å². The maximum Gasteiger partial charge on any atom is 0.159 e. The van der Waals surface area contributed by atoms with E-state index in [0.29, 0.717) is 5.56 Å². The SMILES string of the molecule is CC(=O)c1ccc2ccc(C(C)C=O)cc2c1. The second kappa shape index (κ2) is 4.50. The fourth-order valence-corrected chi connectivity index (χ4v) is 1.85. The minimum absolute atomic E-state index is 0.0562. The minimum Gasteiger partial charge on any atom is -0.303 e. The minimum atomic E-state index is -0.111. The average molecular weight is 226 g/mol. The first-order valence-corrected chi connectivity index (χ1v) is 5.62. The molecule has 0 aliphatic rings. The van der Waals surface area contributed by atoms with Gasteiger partial charge in [-0.1, -0.05) is 37.3 Å². The van der Waals surface area contributed by atoms with Gasteiger partial charge in [-0.2, -0.15) is 0 Å². The van der Waals surface area contributed by atoms with Gasteiger partial charge in [0.15, 0.2) is 5.78 Å². The van der Waals surface area contributed by atoms with Gasteiger partial charge in [0, 0.05) is 11.5 Å². The molecule has 2 heteroatoms. The highest BCUT2D eigenvalue weighted by molar-refractivity contribution is 5.98. The van der Waals surface area contributed by atoms with E-state index in [1.807, 2.05) is 43.3 Å². The van der Waals surface area contributed by atoms with Crippen LogP contribution in [-0.4, -0.2) is 12.1 Å². The van der Waals surface area contributed by atoms with Crippen molar-refractivity contribution in [3.8, 4) is 0 Å². The quantitative estimate of drug-likeness (QED) is 0.594. The van der Waals surface area contributed by atoms with Gasteiger partial charge in [-0.25, -0.2) is 0 Å². The van der Waals surface area contributed by atoms with Crippen LogP contribution in [-0.2, 0) is 4.79 Å². The smallest absolute Gasteiger partial charge is 0.159 e. The van der Waals surface area contributed by atoms with Gasteiger partial charge >= 0.3 is 0 Å². The molecule has 0 N–H and O–H groups in total. The average Bonchev–Trinajstić information content (AvgIpc) is 2.36. The Bertz CT molecular complexity index is 584. The van der Waals surface area contributed by atoms with Crippen LogP contribution in [0, 0.1) is 0 Å². The molecule has 0 bridgehead atoms. The van der Waals surface area contributed by atoms with Gasteiger partial charge in [0.1, 0.15) is 6.29 Å². The molecule has 1 unspecified atom stereocenters. The van der Waals surface area contributed by atoms with Crippen LogP contribution in [0.5, 0.6) is 0 Å². The topological polar surface area (TPSA) is 34.1 Å². The summed E-state index contributed by atoms with van der Waals surface area (Å²) in [5.74, 6) is -0.0545. The van der Waals surface area contributed by atoms with Gasteiger partial charge in [-0.3, -0.25) is 4.79 Å². The van der Waals surface area contributed by atoms with Crippen molar-refractivity contribution in [3.05, 3.63) is 47.5 Å². The van der Waals surface area contributed by atoms with Crippen molar-refractivity contribution in [3.63, 3.8) is 0 Å². The lowest BCUT2D eigenvalue weighted by Crippen LogP contribution is -1.95. The summed E-state index contributed by atoms with van der Waals surface area (Å²) >= 11 is 0. The van der Waals surface area contributed by atoms with E-state index in [2.05, 4.69) is 0 Å². The molecule has 0 aliphatic heterocycles. The Labute approximate surface area is 100 Å². The van der Waals surface area contributed by atoms with E-state index in [0.717, 1.165) is 22.6 Å². The van der Waals surface area contributed by atoms with E-state index in [-0.39, 0.29) is 11.7 Å². The molecule has 1 atom stereocenters. The molecule has 0 saturated heterocycles. The Balaban J connectivity index is 2.58. The Morgan fingerprint density at radius 2 is 1.82 bits per heavy atom. The fraction of sp³-hybridized carbons (Fsp3) is 0.200. The van der Waals surface area contributed by atoms with E-state index >= 15 is 0 Å². The normalized spacial score (nSPS) is 12.4. The molecule has 2 rings (SSSR count). The number of ketones is 1. The predicted molar refractivity (Wildman–Crippen MR) is 68.4 cm³/mol. The molecule has 86 valence electrons. The maximum atomic E-state index is 11.3. The van der Waals surface area contributed by atoms with Gasteiger partial charge in [0.2, 0.25) is 0 Å². The highest BCUT2D eigenvalue weighted by Gasteiger charge is 2.06. The molecule has 2 nitrogen and oxygen atoms in total. The largest absolute Gasteiger partial charge is 0.303 e. The number of benzene rings is 2. The summed E-state index contributed by atoms with van der Waals surface area (Å²) in [6.07, 6.45) is 0.927. The lowest BCUT2D eigenvalue weighted by molar-refractivity contribution is -0.108. The molecule has 17 heavy (non-hydrogen) atoms. The van der Waals surface area contributed by atoms with Crippen molar-refractivity contribution < 1.29 is 9.59 Å². The number of Topliss-reactive ketones (excluding diaryl/α,β-unsaturated/α-hetero) is 1. The second-order valence-electron chi connectivity index (χ2n) is 4.30. The summed E-state index contributed by atoms with van der Waals surface area (Å²) in [7, 11) is 0.